The molecule has 1 rings (SSSR count). The quantitative estimate of drug-likeness (QED) is 0.335. The number of hydrogen-bond donors (Lipinski definition) is 1. The average molecular weight is 481 g/mol. The Balaban J connectivity index is 3.28. The third-order valence-electron chi connectivity index (χ3n) is 4.32. The lowest BCUT2D eigenvalue weighted by molar-refractivity contribution is 0.479. The summed E-state index contributed by atoms with van der Waals surface area (Å²) in [5.74, 6) is 0.916. The Morgan fingerprint density at radius 3 is 1.70 bits per heavy atom. The largest absolute Gasteiger partial charge is 0.543 e. The molecule has 0 spiro atoms. The van der Waals surface area contributed by atoms with Crippen LogP contribution in [0.25, 0.3) is 0 Å². The Hall–Kier alpha value is 0.0869. The number of anilines is 1. The predicted molar refractivity (Wildman–Crippen MR) is 115 cm³/mol. The van der Waals surface area contributed by atoms with E-state index >= 15 is 0 Å². The maximum Gasteiger partial charge on any atom is 0.258 e. The number of hydrogen-bond acceptors (Lipinski definition) is 2. The minimum Gasteiger partial charge on any atom is -0.543 e. The Labute approximate surface area is 164 Å². The van der Waals surface area contributed by atoms with E-state index in [9.17, 15) is 0 Å². The van der Waals surface area contributed by atoms with E-state index in [0.717, 1.165) is 25.4 Å². The van der Waals surface area contributed by atoms with Crippen molar-refractivity contribution in [2.24, 2.45) is 0 Å². The summed E-state index contributed by atoms with van der Waals surface area (Å²) < 4.78 is 8.62. The molecule has 1 aromatic carbocycles. The van der Waals surface area contributed by atoms with E-state index in [2.05, 4.69) is 78.7 Å². The third-order valence-corrected chi connectivity index (χ3v) is 11.7. The molecular formula is C17H27Br2NOSSi. The van der Waals surface area contributed by atoms with Crippen molar-refractivity contribution in [2.45, 2.75) is 65.1 Å². The Kier molecular flexibility index (Phi) is 7.77. The summed E-state index contributed by atoms with van der Waals surface area (Å²) in [6.07, 6.45) is 0. The van der Waals surface area contributed by atoms with Gasteiger partial charge in [-0.15, -0.1) is 0 Å². The molecule has 0 saturated heterocycles. The fraction of sp³-hybridized carbons (Fsp3) is 0.588. The number of thiocarbonyl (C=S) groups is 1. The lowest BCUT2D eigenvalue weighted by atomic mass is 10.3. The highest BCUT2D eigenvalue weighted by Crippen LogP contribution is 2.44. The van der Waals surface area contributed by atoms with Gasteiger partial charge in [0.1, 0.15) is 5.75 Å². The van der Waals surface area contributed by atoms with Crippen molar-refractivity contribution in [1.82, 2.24) is 0 Å². The maximum atomic E-state index is 6.73. The van der Waals surface area contributed by atoms with E-state index < -0.39 is 8.32 Å². The zero-order valence-electron chi connectivity index (χ0n) is 15.0. The lowest BCUT2D eigenvalue weighted by Crippen LogP contribution is -2.50. The molecule has 0 bridgehead atoms. The second-order valence-electron chi connectivity index (χ2n) is 6.86. The molecule has 2 nitrogen and oxygen atoms in total. The van der Waals surface area contributed by atoms with Crippen molar-refractivity contribution in [1.29, 1.82) is 0 Å². The molecule has 23 heavy (non-hydrogen) atoms. The Morgan fingerprint density at radius 2 is 1.39 bits per heavy atom. The second-order valence-corrected chi connectivity index (χ2v) is 14.6. The van der Waals surface area contributed by atoms with Crippen LogP contribution < -0.4 is 9.74 Å². The van der Waals surface area contributed by atoms with Crippen molar-refractivity contribution >= 4 is 63.1 Å². The van der Waals surface area contributed by atoms with Crippen molar-refractivity contribution in [3.63, 3.8) is 0 Å². The number of nitrogens with one attached hydrogen (secondary N) is 1. The molecule has 0 saturated carbocycles. The van der Waals surface area contributed by atoms with Crippen LogP contribution in [0.3, 0.4) is 0 Å². The molecule has 6 heteroatoms. The number of benzene rings is 1. The molecule has 0 atom stereocenters. The van der Waals surface area contributed by atoms with E-state index in [1.807, 2.05) is 19.1 Å². The molecule has 0 fully saturated rings. The maximum absolute atomic E-state index is 6.73. The van der Waals surface area contributed by atoms with Crippen molar-refractivity contribution < 1.29 is 4.43 Å². The normalized spacial score (nSPS) is 12.2. The van der Waals surface area contributed by atoms with Crippen molar-refractivity contribution in [3.05, 3.63) is 21.1 Å². The molecule has 1 N–H and O–H groups in total. The van der Waals surface area contributed by atoms with Crippen molar-refractivity contribution in [3.8, 4) is 5.75 Å². The summed E-state index contributed by atoms with van der Waals surface area (Å²) in [4.78, 5) is 0.732. The summed E-state index contributed by atoms with van der Waals surface area (Å²) in [7, 11) is -1.95. The van der Waals surface area contributed by atoms with Gasteiger partial charge in [-0.25, -0.2) is 0 Å². The number of rotatable bonds is 6. The Bertz CT molecular complexity index is 531. The highest BCUT2D eigenvalue weighted by Gasteiger charge is 2.47. The van der Waals surface area contributed by atoms with Crippen LogP contribution in [0.4, 0.5) is 5.69 Å². The van der Waals surface area contributed by atoms with Gasteiger partial charge in [-0.05, 0) is 67.5 Å². The molecule has 1 aromatic rings. The van der Waals surface area contributed by atoms with Gasteiger partial charge >= 0.3 is 0 Å². The molecule has 0 aliphatic rings. The molecule has 0 aliphatic heterocycles. The molecule has 0 unspecified atom stereocenters. The summed E-state index contributed by atoms with van der Waals surface area (Å²) in [6.45, 7) is 15.6. The first-order chi connectivity index (χ1) is 10.5. The minimum atomic E-state index is -1.95. The van der Waals surface area contributed by atoms with Crippen LogP contribution >= 0.6 is 44.1 Å². The molecular weight excluding hydrogens is 454 g/mol. The first-order valence-electron chi connectivity index (χ1n) is 7.98. The van der Waals surface area contributed by atoms with Crippen molar-refractivity contribution in [2.75, 3.05) is 5.32 Å². The second kappa shape index (κ2) is 8.45. The summed E-state index contributed by atoms with van der Waals surface area (Å²) in [6, 6.07) is 4.08. The predicted octanol–water partition coefficient (Wildman–Crippen LogP) is 7.53. The molecule has 0 radical (unpaired) electrons. The SMILES string of the molecule is CC(=S)Nc1c(Br)cc(O[Si](C(C)C)(C(C)C)C(C)C)cc1Br. The molecule has 0 amide bonds. The first-order valence-corrected chi connectivity index (χ1v) is 12.1. The zero-order valence-corrected chi connectivity index (χ0v) is 19.9. The van der Waals surface area contributed by atoms with Gasteiger partial charge in [-0.2, -0.15) is 0 Å². The smallest absolute Gasteiger partial charge is 0.258 e. The minimum absolute atomic E-state index is 0.543. The van der Waals surface area contributed by atoms with Gasteiger partial charge in [-0.3, -0.25) is 0 Å². The Morgan fingerprint density at radius 1 is 1.00 bits per heavy atom. The van der Waals surface area contributed by atoms with Crippen LogP contribution in [-0.4, -0.2) is 13.3 Å². The standard InChI is InChI=1S/C17H27Br2NOSSi/c1-10(2)23(11(3)4,12(5)6)21-14-8-15(18)17(16(19)9-14)20-13(7)22/h8-12H,1-7H3,(H,20,22). The topological polar surface area (TPSA) is 21.3 Å². The van der Waals surface area contributed by atoms with E-state index in [4.69, 9.17) is 16.6 Å². The fourth-order valence-electron chi connectivity index (χ4n) is 3.46. The van der Waals surface area contributed by atoms with Gasteiger partial charge in [0.25, 0.3) is 8.32 Å². The van der Waals surface area contributed by atoms with E-state index in [1.54, 1.807) is 0 Å². The fourth-order valence-corrected chi connectivity index (χ4v) is 10.1. The van der Waals surface area contributed by atoms with Gasteiger partial charge in [0.2, 0.25) is 0 Å². The molecule has 0 aromatic heterocycles. The summed E-state index contributed by atoms with van der Waals surface area (Å²) in [5, 5.41) is 3.19. The van der Waals surface area contributed by atoms with Gasteiger partial charge in [0.05, 0.1) is 10.7 Å². The average Bonchev–Trinajstić information content (AvgIpc) is 2.38. The molecule has 0 heterocycles. The molecule has 0 aliphatic carbocycles. The monoisotopic (exact) mass is 479 g/mol. The first kappa shape index (κ1) is 21.1. The van der Waals surface area contributed by atoms with Crippen LogP contribution in [0.2, 0.25) is 16.6 Å². The lowest BCUT2D eigenvalue weighted by Gasteiger charge is -2.42. The van der Waals surface area contributed by atoms with E-state index in [-0.39, 0.29) is 0 Å². The zero-order chi connectivity index (χ0) is 17.9. The number of halogens is 2. The van der Waals surface area contributed by atoms with Gasteiger partial charge in [0.15, 0.2) is 0 Å². The highest BCUT2D eigenvalue weighted by atomic mass is 79.9. The van der Waals surface area contributed by atoms with Gasteiger partial charge in [-0.1, -0.05) is 53.8 Å². The molecule has 130 valence electrons. The van der Waals surface area contributed by atoms with E-state index in [0.29, 0.717) is 16.6 Å². The van der Waals surface area contributed by atoms with Crippen LogP contribution in [0.15, 0.2) is 21.1 Å². The van der Waals surface area contributed by atoms with Crippen LogP contribution in [0.5, 0.6) is 5.75 Å². The van der Waals surface area contributed by atoms with Crippen LogP contribution in [0, 0.1) is 0 Å². The third kappa shape index (κ3) is 4.80. The van der Waals surface area contributed by atoms with Crippen LogP contribution in [0.1, 0.15) is 48.5 Å². The van der Waals surface area contributed by atoms with Gasteiger partial charge < -0.3 is 9.74 Å². The van der Waals surface area contributed by atoms with E-state index in [1.165, 1.54) is 0 Å². The highest BCUT2D eigenvalue weighted by molar-refractivity contribution is 9.11. The summed E-state index contributed by atoms with van der Waals surface area (Å²) in [5.41, 5.74) is 2.57. The van der Waals surface area contributed by atoms with Gasteiger partial charge in [0, 0.05) is 8.95 Å². The summed E-state index contributed by atoms with van der Waals surface area (Å²) >= 11 is 12.4. The van der Waals surface area contributed by atoms with Crippen LogP contribution in [-0.2, 0) is 0 Å².